The molecule has 2 rings (SSSR count). The van der Waals surface area contributed by atoms with Gasteiger partial charge in [-0.05, 0) is 45.0 Å². The Morgan fingerprint density at radius 3 is 2.33 bits per heavy atom. The fourth-order valence-electron chi connectivity index (χ4n) is 2.28. The van der Waals surface area contributed by atoms with Gasteiger partial charge in [0.25, 0.3) is 11.6 Å². The molecule has 0 fully saturated rings. The minimum absolute atomic E-state index is 0.00971. The summed E-state index contributed by atoms with van der Waals surface area (Å²) in [6.07, 6.45) is -1.01. The van der Waals surface area contributed by atoms with Crippen molar-refractivity contribution < 1.29 is 19.2 Å². The minimum atomic E-state index is -1.01. The van der Waals surface area contributed by atoms with Crippen molar-refractivity contribution in [2.75, 3.05) is 5.32 Å². The van der Waals surface area contributed by atoms with E-state index in [9.17, 15) is 19.7 Å². The van der Waals surface area contributed by atoms with Crippen molar-refractivity contribution in [3.63, 3.8) is 0 Å². The van der Waals surface area contributed by atoms with Gasteiger partial charge in [-0.2, -0.15) is 0 Å². The maximum atomic E-state index is 12.2. The van der Waals surface area contributed by atoms with Crippen LogP contribution in [0.4, 0.5) is 17.1 Å². The minimum Gasteiger partial charge on any atom is -0.449 e. The Hall–Kier alpha value is -3.42. The van der Waals surface area contributed by atoms with Crippen LogP contribution in [-0.2, 0) is 9.53 Å². The van der Waals surface area contributed by atoms with Gasteiger partial charge in [-0.15, -0.1) is 0 Å². The van der Waals surface area contributed by atoms with E-state index in [4.69, 9.17) is 4.74 Å². The summed E-state index contributed by atoms with van der Waals surface area (Å²) in [7, 11) is 0. The van der Waals surface area contributed by atoms with Crippen LogP contribution in [-0.4, -0.2) is 28.9 Å². The summed E-state index contributed by atoms with van der Waals surface area (Å²) in [6, 6.07) is 12.8. The van der Waals surface area contributed by atoms with E-state index >= 15 is 0 Å². The van der Waals surface area contributed by atoms with Crippen LogP contribution in [0.15, 0.2) is 48.5 Å². The van der Waals surface area contributed by atoms with Crippen molar-refractivity contribution in [2.24, 2.45) is 0 Å². The highest BCUT2D eigenvalue weighted by atomic mass is 16.6. The van der Waals surface area contributed by atoms with Crippen LogP contribution in [0.25, 0.3) is 0 Å². The molecule has 0 aromatic heterocycles. The van der Waals surface area contributed by atoms with Crippen molar-refractivity contribution in [3.8, 4) is 0 Å². The number of hydrogen-bond acceptors (Lipinski definition) is 6. The van der Waals surface area contributed by atoms with E-state index in [1.807, 2.05) is 6.07 Å². The molecule has 2 aromatic carbocycles. The van der Waals surface area contributed by atoms with Crippen LogP contribution in [0.1, 0.15) is 31.1 Å². The first-order valence-corrected chi connectivity index (χ1v) is 8.39. The van der Waals surface area contributed by atoms with Crippen LogP contribution in [0.2, 0.25) is 0 Å². The monoisotopic (exact) mass is 371 g/mol. The Morgan fingerprint density at radius 2 is 1.74 bits per heavy atom. The van der Waals surface area contributed by atoms with Gasteiger partial charge in [0.05, 0.1) is 10.5 Å². The molecular formula is C19H21N3O5. The Bertz CT molecular complexity index is 836. The summed E-state index contributed by atoms with van der Waals surface area (Å²) >= 11 is 0. The van der Waals surface area contributed by atoms with Crippen molar-refractivity contribution in [1.82, 2.24) is 5.32 Å². The molecule has 0 radical (unpaired) electrons. The number of hydrogen-bond donors (Lipinski definition) is 2. The molecule has 8 heteroatoms. The van der Waals surface area contributed by atoms with Crippen LogP contribution >= 0.6 is 0 Å². The number of carbonyl (C=O) groups is 2. The highest BCUT2D eigenvalue weighted by Crippen LogP contribution is 2.29. The molecule has 0 aliphatic heterocycles. The maximum absolute atomic E-state index is 12.2. The van der Waals surface area contributed by atoms with Crippen molar-refractivity contribution in [2.45, 2.75) is 32.9 Å². The molecule has 0 saturated carbocycles. The summed E-state index contributed by atoms with van der Waals surface area (Å²) in [5.41, 5.74) is 0.639. The molecule has 2 N–H and O–H groups in total. The fraction of sp³-hybridized carbons (Fsp3) is 0.263. The molecule has 27 heavy (non-hydrogen) atoms. The zero-order valence-electron chi connectivity index (χ0n) is 15.3. The number of benzene rings is 2. The van der Waals surface area contributed by atoms with E-state index in [1.54, 1.807) is 38.1 Å². The quantitative estimate of drug-likeness (QED) is 0.438. The summed E-state index contributed by atoms with van der Waals surface area (Å²) in [6.45, 7) is 5.01. The van der Waals surface area contributed by atoms with Crippen LogP contribution in [0.5, 0.6) is 0 Å². The molecule has 0 aliphatic carbocycles. The van der Waals surface area contributed by atoms with E-state index in [1.165, 1.54) is 19.1 Å². The van der Waals surface area contributed by atoms with Gasteiger partial charge in [0.2, 0.25) is 0 Å². The molecule has 0 bridgehead atoms. The largest absolute Gasteiger partial charge is 0.449 e. The van der Waals surface area contributed by atoms with Gasteiger partial charge in [0.15, 0.2) is 6.10 Å². The first-order chi connectivity index (χ1) is 12.8. The van der Waals surface area contributed by atoms with Gasteiger partial charge in [-0.3, -0.25) is 14.9 Å². The molecule has 1 amide bonds. The molecule has 8 nitrogen and oxygen atoms in total. The Labute approximate surface area is 156 Å². The number of esters is 1. The lowest BCUT2D eigenvalue weighted by molar-refractivity contribution is -0.383. The second-order valence-electron chi connectivity index (χ2n) is 6.19. The molecule has 1 unspecified atom stereocenters. The van der Waals surface area contributed by atoms with E-state index < -0.39 is 22.9 Å². The van der Waals surface area contributed by atoms with Gasteiger partial charge >= 0.3 is 5.97 Å². The van der Waals surface area contributed by atoms with E-state index in [0.29, 0.717) is 5.69 Å². The number of rotatable bonds is 7. The molecule has 0 heterocycles. The molecule has 1 atom stereocenters. The third kappa shape index (κ3) is 5.53. The smallest absolute Gasteiger partial charge is 0.339 e. The number of nitrogens with one attached hydrogen (secondary N) is 2. The first-order valence-electron chi connectivity index (χ1n) is 8.39. The topological polar surface area (TPSA) is 111 Å². The second-order valence-corrected chi connectivity index (χ2v) is 6.19. The lowest BCUT2D eigenvalue weighted by Gasteiger charge is -2.15. The van der Waals surface area contributed by atoms with E-state index in [-0.39, 0.29) is 23.0 Å². The molecule has 0 spiro atoms. The lowest BCUT2D eigenvalue weighted by Crippen LogP contribution is -2.39. The fourth-order valence-corrected chi connectivity index (χ4v) is 2.28. The van der Waals surface area contributed by atoms with E-state index in [2.05, 4.69) is 10.6 Å². The first kappa shape index (κ1) is 19.9. The SMILES string of the molecule is CC(C)NC(=O)C(C)OC(=O)c1ccc(Nc2ccccc2)c([N+](=O)[O-])c1. The number of nitro benzene ring substituents is 1. The Kier molecular flexibility index (Phi) is 6.48. The molecule has 0 saturated heterocycles. The summed E-state index contributed by atoms with van der Waals surface area (Å²) in [5, 5.41) is 17.0. The number of carbonyl (C=O) groups excluding carboxylic acids is 2. The normalized spacial score (nSPS) is 11.6. The summed E-state index contributed by atoms with van der Waals surface area (Å²) in [4.78, 5) is 34.9. The predicted molar refractivity (Wildman–Crippen MR) is 101 cm³/mol. The predicted octanol–water partition coefficient (Wildman–Crippen LogP) is 3.41. The number of anilines is 2. The lowest BCUT2D eigenvalue weighted by atomic mass is 10.1. The third-order valence-corrected chi connectivity index (χ3v) is 3.57. The number of para-hydroxylation sites is 1. The second kappa shape index (κ2) is 8.79. The average molecular weight is 371 g/mol. The average Bonchev–Trinajstić information content (AvgIpc) is 2.62. The highest BCUT2D eigenvalue weighted by molar-refractivity contribution is 5.94. The van der Waals surface area contributed by atoms with Crippen molar-refractivity contribution in [1.29, 1.82) is 0 Å². The number of nitro groups is 1. The number of amides is 1. The number of ether oxygens (including phenoxy) is 1. The van der Waals surface area contributed by atoms with Crippen LogP contribution in [0.3, 0.4) is 0 Å². The zero-order chi connectivity index (χ0) is 20.0. The van der Waals surface area contributed by atoms with Crippen molar-refractivity contribution >= 4 is 28.9 Å². The van der Waals surface area contributed by atoms with Crippen molar-refractivity contribution in [3.05, 3.63) is 64.2 Å². The van der Waals surface area contributed by atoms with Gasteiger partial charge in [0.1, 0.15) is 5.69 Å². The van der Waals surface area contributed by atoms with Gasteiger partial charge < -0.3 is 15.4 Å². The third-order valence-electron chi connectivity index (χ3n) is 3.57. The Balaban J connectivity index is 2.18. The standard InChI is InChI=1S/C19H21N3O5/c1-12(2)20-18(23)13(3)27-19(24)14-9-10-16(17(11-14)22(25)26)21-15-7-5-4-6-8-15/h4-13,21H,1-3H3,(H,20,23). The molecule has 142 valence electrons. The van der Waals surface area contributed by atoms with Crippen LogP contribution in [0, 0.1) is 10.1 Å². The highest BCUT2D eigenvalue weighted by Gasteiger charge is 2.22. The summed E-state index contributed by atoms with van der Waals surface area (Å²) < 4.78 is 5.10. The molecule has 2 aromatic rings. The Morgan fingerprint density at radius 1 is 1.07 bits per heavy atom. The van der Waals surface area contributed by atoms with E-state index in [0.717, 1.165) is 6.07 Å². The maximum Gasteiger partial charge on any atom is 0.339 e. The number of nitrogens with zero attached hydrogens (tertiary/aromatic N) is 1. The molecular weight excluding hydrogens is 350 g/mol. The molecule has 0 aliphatic rings. The van der Waals surface area contributed by atoms with Crippen LogP contribution < -0.4 is 10.6 Å². The van der Waals surface area contributed by atoms with Gasteiger partial charge in [-0.25, -0.2) is 4.79 Å². The zero-order valence-corrected chi connectivity index (χ0v) is 15.3. The van der Waals surface area contributed by atoms with Gasteiger partial charge in [-0.1, -0.05) is 18.2 Å². The summed E-state index contributed by atoms with van der Waals surface area (Å²) in [5.74, 6) is -1.24. The van der Waals surface area contributed by atoms with Gasteiger partial charge in [0, 0.05) is 17.8 Å².